The van der Waals surface area contributed by atoms with E-state index in [1.807, 2.05) is 6.92 Å². The van der Waals surface area contributed by atoms with Crippen LogP contribution in [0.5, 0.6) is 11.5 Å². The van der Waals surface area contributed by atoms with Crippen molar-refractivity contribution < 1.29 is 9.13 Å². The molecule has 2 rings (SSSR count). The molecule has 1 atom stereocenters. The minimum Gasteiger partial charge on any atom is -0.453 e. The topological polar surface area (TPSA) is 48.1 Å². The van der Waals surface area contributed by atoms with Gasteiger partial charge in [-0.3, -0.25) is 4.98 Å². The molecule has 0 saturated heterocycles. The van der Waals surface area contributed by atoms with Gasteiger partial charge in [0.2, 0.25) is 0 Å². The van der Waals surface area contributed by atoms with Crippen molar-refractivity contribution in [1.29, 1.82) is 0 Å². The van der Waals surface area contributed by atoms with Crippen LogP contribution in [0.2, 0.25) is 0 Å². The highest BCUT2D eigenvalue weighted by Crippen LogP contribution is 2.26. The molecule has 5 heteroatoms. The van der Waals surface area contributed by atoms with Crippen LogP contribution in [0.1, 0.15) is 25.1 Å². The fourth-order valence-electron chi connectivity index (χ4n) is 1.57. The van der Waals surface area contributed by atoms with Gasteiger partial charge in [0, 0.05) is 10.5 Å². The Morgan fingerprint density at radius 3 is 2.74 bits per heavy atom. The molecule has 100 valence electrons. The van der Waals surface area contributed by atoms with Crippen LogP contribution >= 0.6 is 15.9 Å². The van der Waals surface area contributed by atoms with Crippen molar-refractivity contribution in [3.05, 3.63) is 52.5 Å². The lowest BCUT2D eigenvalue weighted by Gasteiger charge is -2.10. The van der Waals surface area contributed by atoms with Crippen LogP contribution in [-0.2, 0) is 0 Å². The highest BCUT2D eigenvalue weighted by molar-refractivity contribution is 9.10. The average molecular weight is 325 g/mol. The van der Waals surface area contributed by atoms with Crippen molar-refractivity contribution in [1.82, 2.24) is 4.98 Å². The predicted octanol–water partition coefficient (Wildman–Crippen LogP) is 4.19. The van der Waals surface area contributed by atoms with Gasteiger partial charge in [0.25, 0.3) is 0 Å². The molecule has 2 N–H and O–H groups in total. The van der Waals surface area contributed by atoms with Crippen molar-refractivity contribution in [3.8, 4) is 11.5 Å². The summed E-state index contributed by atoms with van der Waals surface area (Å²) in [5, 5.41) is 0. The Morgan fingerprint density at radius 1 is 1.37 bits per heavy atom. The van der Waals surface area contributed by atoms with Crippen molar-refractivity contribution in [3.63, 3.8) is 0 Å². The number of nitrogens with zero attached hydrogens (tertiary/aromatic N) is 1. The van der Waals surface area contributed by atoms with Gasteiger partial charge in [-0.15, -0.1) is 0 Å². The number of pyridine rings is 1. The standard InChI is InChI=1S/C14H14BrFN2O/c1-2-12(17)13-5-4-10(8-18-13)19-14-6-3-9(15)7-11(14)16/h3-8,12H,2,17H2,1H3/t12-/m1/s1. The van der Waals surface area contributed by atoms with Gasteiger partial charge in [0.1, 0.15) is 5.75 Å². The maximum atomic E-state index is 13.6. The molecule has 0 saturated carbocycles. The minimum atomic E-state index is -0.427. The lowest BCUT2D eigenvalue weighted by molar-refractivity contribution is 0.439. The van der Waals surface area contributed by atoms with Gasteiger partial charge in [-0.1, -0.05) is 22.9 Å². The van der Waals surface area contributed by atoms with Crippen molar-refractivity contribution in [2.45, 2.75) is 19.4 Å². The van der Waals surface area contributed by atoms with Crippen LogP contribution < -0.4 is 10.5 Å². The van der Waals surface area contributed by atoms with Crippen LogP contribution in [0, 0.1) is 5.82 Å². The molecule has 0 bridgehead atoms. The third-order valence-corrected chi connectivity index (χ3v) is 3.19. The fourth-order valence-corrected chi connectivity index (χ4v) is 1.90. The molecule has 0 unspecified atom stereocenters. The summed E-state index contributed by atoms with van der Waals surface area (Å²) in [5.74, 6) is 0.217. The number of rotatable bonds is 4. The molecule has 1 heterocycles. The van der Waals surface area contributed by atoms with E-state index in [0.29, 0.717) is 10.2 Å². The summed E-state index contributed by atoms with van der Waals surface area (Å²) in [5.41, 5.74) is 6.67. The van der Waals surface area contributed by atoms with Crippen LogP contribution in [-0.4, -0.2) is 4.98 Å². The SMILES string of the molecule is CC[C@@H](N)c1ccc(Oc2ccc(Br)cc2F)cn1. The van der Waals surface area contributed by atoms with Crippen LogP contribution in [0.15, 0.2) is 41.0 Å². The minimum absolute atomic E-state index is 0.0848. The Labute approximate surface area is 119 Å². The largest absolute Gasteiger partial charge is 0.453 e. The highest BCUT2D eigenvalue weighted by Gasteiger charge is 2.08. The number of benzene rings is 1. The number of nitrogens with two attached hydrogens (primary N) is 1. The molecule has 0 aliphatic rings. The summed E-state index contributed by atoms with van der Waals surface area (Å²) in [6.07, 6.45) is 2.36. The number of hydrogen-bond acceptors (Lipinski definition) is 3. The lowest BCUT2D eigenvalue weighted by Crippen LogP contribution is -2.10. The zero-order valence-electron chi connectivity index (χ0n) is 10.4. The van der Waals surface area contributed by atoms with Crippen LogP contribution in [0.4, 0.5) is 4.39 Å². The second-order valence-corrected chi connectivity index (χ2v) is 5.03. The van der Waals surface area contributed by atoms with E-state index in [0.717, 1.165) is 12.1 Å². The molecule has 0 radical (unpaired) electrons. The summed E-state index contributed by atoms with van der Waals surface area (Å²) in [7, 11) is 0. The number of ether oxygens (including phenoxy) is 1. The van der Waals surface area contributed by atoms with Crippen LogP contribution in [0.3, 0.4) is 0 Å². The second-order valence-electron chi connectivity index (χ2n) is 4.11. The summed E-state index contributed by atoms with van der Waals surface area (Å²) >= 11 is 3.19. The maximum absolute atomic E-state index is 13.6. The van der Waals surface area contributed by atoms with Gasteiger partial charge in [-0.05, 0) is 36.8 Å². The highest BCUT2D eigenvalue weighted by atomic mass is 79.9. The van der Waals surface area contributed by atoms with Gasteiger partial charge >= 0.3 is 0 Å². The fraction of sp³-hybridized carbons (Fsp3) is 0.214. The first-order chi connectivity index (χ1) is 9.10. The number of halogens is 2. The van der Waals surface area contributed by atoms with Crippen LogP contribution in [0.25, 0.3) is 0 Å². The molecule has 3 nitrogen and oxygen atoms in total. The molecule has 2 aromatic rings. The van der Waals surface area contributed by atoms with Crippen molar-refractivity contribution in [2.75, 3.05) is 0 Å². The third-order valence-electron chi connectivity index (χ3n) is 2.70. The van der Waals surface area contributed by atoms with E-state index >= 15 is 0 Å². The first-order valence-electron chi connectivity index (χ1n) is 5.94. The summed E-state index contributed by atoms with van der Waals surface area (Å²) in [6, 6.07) is 8.07. The van der Waals surface area contributed by atoms with Gasteiger partial charge in [-0.25, -0.2) is 4.39 Å². The Morgan fingerprint density at radius 2 is 2.16 bits per heavy atom. The van der Waals surface area contributed by atoms with E-state index in [1.165, 1.54) is 6.07 Å². The lowest BCUT2D eigenvalue weighted by atomic mass is 10.1. The first-order valence-corrected chi connectivity index (χ1v) is 6.74. The smallest absolute Gasteiger partial charge is 0.166 e. The average Bonchev–Trinajstić information content (AvgIpc) is 2.42. The summed E-state index contributed by atoms with van der Waals surface area (Å²) in [6.45, 7) is 1.99. The Bertz CT molecular complexity index is 560. The second kappa shape index (κ2) is 6.12. The molecular formula is C14H14BrFN2O. The van der Waals surface area contributed by atoms with E-state index < -0.39 is 5.82 Å². The van der Waals surface area contributed by atoms with Gasteiger partial charge < -0.3 is 10.5 Å². The zero-order chi connectivity index (χ0) is 13.8. The molecule has 1 aromatic heterocycles. The summed E-state index contributed by atoms with van der Waals surface area (Å²) < 4.78 is 19.7. The number of hydrogen-bond donors (Lipinski definition) is 1. The molecule has 0 spiro atoms. The van der Waals surface area contributed by atoms with E-state index in [4.69, 9.17) is 10.5 Å². The molecule has 19 heavy (non-hydrogen) atoms. The summed E-state index contributed by atoms with van der Waals surface area (Å²) in [4.78, 5) is 4.21. The van der Waals surface area contributed by atoms with Crippen molar-refractivity contribution >= 4 is 15.9 Å². The van der Waals surface area contributed by atoms with E-state index in [9.17, 15) is 4.39 Å². The predicted molar refractivity (Wildman–Crippen MR) is 75.6 cm³/mol. The quantitative estimate of drug-likeness (QED) is 0.917. The number of aromatic nitrogens is 1. The monoisotopic (exact) mass is 324 g/mol. The molecule has 0 aliphatic carbocycles. The Kier molecular flexibility index (Phi) is 4.50. The molecule has 1 aromatic carbocycles. The Balaban J connectivity index is 2.15. The zero-order valence-corrected chi connectivity index (χ0v) is 12.0. The van der Waals surface area contributed by atoms with E-state index in [1.54, 1.807) is 30.5 Å². The first kappa shape index (κ1) is 14.0. The third kappa shape index (κ3) is 3.52. The van der Waals surface area contributed by atoms with E-state index in [2.05, 4.69) is 20.9 Å². The molecular weight excluding hydrogens is 311 g/mol. The molecule has 0 amide bonds. The normalized spacial score (nSPS) is 12.2. The molecule has 0 fully saturated rings. The maximum Gasteiger partial charge on any atom is 0.166 e. The van der Waals surface area contributed by atoms with Gasteiger partial charge in [0.05, 0.1) is 11.9 Å². The van der Waals surface area contributed by atoms with Crippen molar-refractivity contribution in [2.24, 2.45) is 5.73 Å². The Hall–Kier alpha value is -1.46. The van der Waals surface area contributed by atoms with E-state index in [-0.39, 0.29) is 11.8 Å². The van der Waals surface area contributed by atoms with Gasteiger partial charge in [-0.2, -0.15) is 0 Å². The molecule has 0 aliphatic heterocycles. The van der Waals surface area contributed by atoms with Gasteiger partial charge in [0.15, 0.2) is 11.6 Å².